The molecule has 9 heteroatoms. The fraction of sp³-hybridized carbons (Fsp3) is 0.227. The van der Waals surface area contributed by atoms with Gasteiger partial charge in [-0.25, -0.2) is 4.98 Å². The van der Waals surface area contributed by atoms with Gasteiger partial charge in [-0.2, -0.15) is 0 Å². The molecule has 31 heavy (non-hydrogen) atoms. The highest BCUT2D eigenvalue weighted by Gasteiger charge is 2.23. The molecule has 0 spiro atoms. The number of aromatic nitrogens is 1. The first-order valence-electron chi connectivity index (χ1n) is 9.46. The standard InChI is InChI=1S/C22H21N3O5S/c1-12-20(13-5-7-16-15(9-13)25(2)19(26)11-30-16)23-22(31-12)24-21(27)14-6-8-17(28-3)18(10-14)29-4/h5-10H,11H2,1-4H3,(H,23,24,27). The molecular weight excluding hydrogens is 418 g/mol. The average Bonchev–Trinajstić information content (AvgIpc) is 3.15. The summed E-state index contributed by atoms with van der Waals surface area (Å²) in [6.07, 6.45) is 0. The van der Waals surface area contributed by atoms with Crippen LogP contribution in [0.15, 0.2) is 36.4 Å². The fourth-order valence-electron chi connectivity index (χ4n) is 3.28. The van der Waals surface area contributed by atoms with Crippen LogP contribution in [0.2, 0.25) is 0 Å². The maximum atomic E-state index is 12.7. The molecular formula is C22H21N3O5S. The van der Waals surface area contributed by atoms with Crippen LogP contribution in [0.4, 0.5) is 10.8 Å². The first-order valence-corrected chi connectivity index (χ1v) is 10.3. The highest BCUT2D eigenvalue weighted by atomic mass is 32.1. The van der Waals surface area contributed by atoms with Crippen LogP contribution < -0.4 is 24.4 Å². The number of amides is 2. The van der Waals surface area contributed by atoms with Gasteiger partial charge in [0.2, 0.25) is 0 Å². The highest BCUT2D eigenvalue weighted by molar-refractivity contribution is 7.16. The van der Waals surface area contributed by atoms with E-state index in [1.807, 2.05) is 25.1 Å². The Kier molecular flexibility index (Phi) is 5.51. The van der Waals surface area contributed by atoms with Gasteiger partial charge in [0, 0.05) is 23.1 Å². The van der Waals surface area contributed by atoms with Gasteiger partial charge in [-0.1, -0.05) is 0 Å². The number of hydrogen-bond acceptors (Lipinski definition) is 7. The molecule has 0 bridgehead atoms. The number of likely N-dealkylation sites (N-methyl/N-ethyl adjacent to an activating group) is 1. The second-order valence-electron chi connectivity index (χ2n) is 6.87. The molecule has 160 valence electrons. The van der Waals surface area contributed by atoms with Gasteiger partial charge in [0.1, 0.15) is 5.75 Å². The van der Waals surface area contributed by atoms with Crippen molar-refractivity contribution in [3.8, 4) is 28.5 Å². The predicted molar refractivity (Wildman–Crippen MR) is 119 cm³/mol. The van der Waals surface area contributed by atoms with Crippen LogP contribution in [0.3, 0.4) is 0 Å². The van der Waals surface area contributed by atoms with Crippen molar-refractivity contribution in [1.82, 2.24) is 4.98 Å². The monoisotopic (exact) mass is 439 g/mol. The SMILES string of the molecule is COc1ccc(C(=O)Nc2nc(-c3ccc4c(c3)N(C)C(=O)CO4)c(C)s2)cc1OC. The molecule has 0 radical (unpaired) electrons. The summed E-state index contributed by atoms with van der Waals surface area (Å²) in [6, 6.07) is 10.5. The molecule has 0 fully saturated rings. The van der Waals surface area contributed by atoms with E-state index in [9.17, 15) is 9.59 Å². The second-order valence-corrected chi connectivity index (χ2v) is 8.07. The predicted octanol–water partition coefficient (Wildman–Crippen LogP) is 3.74. The highest BCUT2D eigenvalue weighted by Crippen LogP contribution is 2.38. The topological polar surface area (TPSA) is 90.0 Å². The summed E-state index contributed by atoms with van der Waals surface area (Å²) in [7, 11) is 4.78. The number of anilines is 2. The number of rotatable bonds is 5. The molecule has 0 unspecified atom stereocenters. The molecule has 3 aromatic rings. The lowest BCUT2D eigenvalue weighted by Crippen LogP contribution is -2.35. The number of ether oxygens (including phenoxy) is 3. The van der Waals surface area contributed by atoms with Crippen LogP contribution in [0.1, 0.15) is 15.2 Å². The summed E-state index contributed by atoms with van der Waals surface area (Å²) in [5.74, 6) is 1.26. The van der Waals surface area contributed by atoms with Gasteiger partial charge in [0.25, 0.3) is 11.8 Å². The number of benzene rings is 2. The average molecular weight is 439 g/mol. The largest absolute Gasteiger partial charge is 0.493 e. The lowest BCUT2D eigenvalue weighted by atomic mass is 10.1. The first kappa shape index (κ1) is 20.7. The third-order valence-electron chi connectivity index (χ3n) is 4.98. The number of fused-ring (bicyclic) bond motifs is 1. The van der Waals surface area contributed by atoms with Crippen molar-refractivity contribution < 1.29 is 23.8 Å². The summed E-state index contributed by atoms with van der Waals surface area (Å²) in [6.45, 7) is 1.97. The number of aryl methyl sites for hydroxylation is 1. The van der Waals surface area contributed by atoms with Crippen molar-refractivity contribution in [2.45, 2.75) is 6.92 Å². The lowest BCUT2D eigenvalue weighted by molar-refractivity contribution is -0.120. The molecule has 0 atom stereocenters. The molecule has 0 saturated carbocycles. The summed E-state index contributed by atoms with van der Waals surface area (Å²) in [5.41, 5.74) is 2.70. The van der Waals surface area contributed by atoms with Gasteiger partial charge >= 0.3 is 0 Å². The van der Waals surface area contributed by atoms with Crippen molar-refractivity contribution in [3.05, 3.63) is 46.8 Å². The molecule has 1 N–H and O–H groups in total. The van der Waals surface area contributed by atoms with Crippen LogP contribution in [0.5, 0.6) is 17.2 Å². The maximum absolute atomic E-state index is 12.7. The number of carbonyl (C=O) groups is 2. The summed E-state index contributed by atoms with van der Waals surface area (Å²) >= 11 is 1.38. The van der Waals surface area contributed by atoms with Crippen molar-refractivity contribution in [2.75, 3.05) is 38.1 Å². The van der Waals surface area contributed by atoms with E-state index in [0.29, 0.717) is 33.6 Å². The Morgan fingerprint density at radius 3 is 2.68 bits per heavy atom. The Morgan fingerprint density at radius 1 is 1.16 bits per heavy atom. The number of methoxy groups -OCH3 is 2. The minimum atomic E-state index is -0.301. The van der Waals surface area contributed by atoms with Crippen LogP contribution in [-0.2, 0) is 4.79 Å². The number of nitrogens with zero attached hydrogens (tertiary/aromatic N) is 2. The van der Waals surface area contributed by atoms with Crippen LogP contribution in [0.25, 0.3) is 11.3 Å². The quantitative estimate of drug-likeness (QED) is 0.651. The molecule has 2 aromatic carbocycles. The molecule has 2 heterocycles. The third-order valence-corrected chi connectivity index (χ3v) is 5.87. The summed E-state index contributed by atoms with van der Waals surface area (Å²) in [4.78, 5) is 31.8. The minimum Gasteiger partial charge on any atom is -0.493 e. The molecule has 4 rings (SSSR count). The van der Waals surface area contributed by atoms with E-state index >= 15 is 0 Å². The van der Waals surface area contributed by atoms with E-state index in [2.05, 4.69) is 10.3 Å². The Labute approximate surface area is 183 Å². The molecule has 1 aliphatic heterocycles. The van der Waals surface area contributed by atoms with E-state index in [1.165, 1.54) is 25.6 Å². The van der Waals surface area contributed by atoms with Crippen LogP contribution >= 0.6 is 11.3 Å². The zero-order valence-corrected chi connectivity index (χ0v) is 18.3. The van der Waals surface area contributed by atoms with E-state index in [1.54, 1.807) is 30.1 Å². The van der Waals surface area contributed by atoms with Gasteiger partial charge in [-0.15, -0.1) is 11.3 Å². The number of carbonyl (C=O) groups excluding carboxylic acids is 2. The maximum Gasteiger partial charge on any atom is 0.264 e. The van der Waals surface area contributed by atoms with Gasteiger partial charge in [-0.3, -0.25) is 14.9 Å². The van der Waals surface area contributed by atoms with Gasteiger partial charge < -0.3 is 19.1 Å². The van der Waals surface area contributed by atoms with Crippen molar-refractivity contribution in [3.63, 3.8) is 0 Å². The van der Waals surface area contributed by atoms with Gasteiger partial charge in [0.05, 0.1) is 25.6 Å². The van der Waals surface area contributed by atoms with E-state index in [0.717, 1.165) is 16.1 Å². The number of thiazole rings is 1. The molecule has 2 amide bonds. The lowest BCUT2D eigenvalue weighted by Gasteiger charge is -2.26. The molecule has 1 aromatic heterocycles. The van der Waals surface area contributed by atoms with Crippen LogP contribution in [0, 0.1) is 6.92 Å². The van der Waals surface area contributed by atoms with Gasteiger partial charge in [0.15, 0.2) is 23.2 Å². The third kappa shape index (κ3) is 3.91. The minimum absolute atomic E-state index is 0.0326. The zero-order valence-electron chi connectivity index (χ0n) is 17.5. The number of nitrogens with one attached hydrogen (secondary N) is 1. The fourth-order valence-corrected chi connectivity index (χ4v) is 4.11. The normalized spacial score (nSPS) is 12.8. The second kappa shape index (κ2) is 8.27. The molecule has 0 aliphatic carbocycles. The summed E-state index contributed by atoms with van der Waals surface area (Å²) in [5, 5.41) is 3.32. The van der Waals surface area contributed by atoms with E-state index in [4.69, 9.17) is 14.2 Å². The first-order chi connectivity index (χ1) is 14.9. The molecule has 0 saturated heterocycles. The van der Waals surface area contributed by atoms with Gasteiger partial charge in [-0.05, 0) is 43.3 Å². The Morgan fingerprint density at radius 2 is 1.94 bits per heavy atom. The van der Waals surface area contributed by atoms with E-state index < -0.39 is 0 Å². The smallest absolute Gasteiger partial charge is 0.264 e. The Balaban J connectivity index is 1.59. The van der Waals surface area contributed by atoms with Crippen LogP contribution in [-0.4, -0.2) is 44.7 Å². The van der Waals surface area contributed by atoms with Crippen molar-refractivity contribution in [1.29, 1.82) is 0 Å². The molecule has 1 aliphatic rings. The van der Waals surface area contributed by atoms with E-state index in [-0.39, 0.29) is 18.4 Å². The summed E-state index contributed by atoms with van der Waals surface area (Å²) < 4.78 is 16.0. The Bertz CT molecular complexity index is 1170. The molecule has 8 nitrogen and oxygen atoms in total. The van der Waals surface area contributed by atoms with Crippen molar-refractivity contribution >= 4 is 34.0 Å². The number of hydrogen-bond donors (Lipinski definition) is 1. The van der Waals surface area contributed by atoms with Crippen molar-refractivity contribution in [2.24, 2.45) is 0 Å². The Hall–Kier alpha value is -3.59. The zero-order chi connectivity index (χ0) is 22.1.